The van der Waals surface area contributed by atoms with Crippen LogP contribution in [0.4, 0.5) is 0 Å². The SMILES string of the molecule is CNC1CCCN(Cc2cncs2)C1.Cl. The predicted octanol–water partition coefficient (Wildman–Crippen LogP) is 1.75. The van der Waals surface area contributed by atoms with Crippen molar-refractivity contribution < 1.29 is 0 Å². The van der Waals surface area contributed by atoms with Crippen molar-refractivity contribution in [3.63, 3.8) is 0 Å². The largest absolute Gasteiger partial charge is 0.316 e. The number of rotatable bonds is 3. The molecule has 1 aromatic heterocycles. The van der Waals surface area contributed by atoms with Crippen LogP contribution in [-0.4, -0.2) is 36.1 Å². The van der Waals surface area contributed by atoms with Crippen LogP contribution in [0.2, 0.25) is 0 Å². The number of hydrogen-bond acceptors (Lipinski definition) is 4. The number of piperidine rings is 1. The minimum atomic E-state index is 0. The first-order valence-electron chi connectivity index (χ1n) is 5.15. The highest BCUT2D eigenvalue weighted by molar-refractivity contribution is 7.09. The summed E-state index contributed by atoms with van der Waals surface area (Å²) in [5, 5.41) is 3.36. The van der Waals surface area contributed by atoms with E-state index in [1.165, 1.54) is 30.8 Å². The van der Waals surface area contributed by atoms with E-state index in [2.05, 4.69) is 22.2 Å². The molecule has 0 aliphatic carbocycles. The molecule has 0 spiro atoms. The van der Waals surface area contributed by atoms with E-state index in [-0.39, 0.29) is 12.4 Å². The molecule has 2 rings (SSSR count). The van der Waals surface area contributed by atoms with Gasteiger partial charge in [-0.2, -0.15) is 0 Å². The normalized spacial score (nSPS) is 22.3. The summed E-state index contributed by atoms with van der Waals surface area (Å²) in [6.07, 6.45) is 4.60. The smallest absolute Gasteiger partial charge is 0.0794 e. The summed E-state index contributed by atoms with van der Waals surface area (Å²) in [5.74, 6) is 0. The molecular weight excluding hydrogens is 230 g/mol. The second-order valence-electron chi connectivity index (χ2n) is 3.83. The van der Waals surface area contributed by atoms with Crippen LogP contribution in [0.15, 0.2) is 11.7 Å². The third-order valence-electron chi connectivity index (χ3n) is 2.78. The molecular formula is C10H18ClN3S. The molecule has 15 heavy (non-hydrogen) atoms. The van der Waals surface area contributed by atoms with Gasteiger partial charge in [-0.25, -0.2) is 0 Å². The Balaban J connectivity index is 0.00000112. The van der Waals surface area contributed by atoms with Gasteiger partial charge in [0.1, 0.15) is 0 Å². The average molecular weight is 248 g/mol. The van der Waals surface area contributed by atoms with Gasteiger partial charge in [-0.1, -0.05) is 0 Å². The summed E-state index contributed by atoms with van der Waals surface area (Å²) in [5.41, 5.74) is 1.91. The molecule has 0 bridgehead atoms. The first kappa shape index (κ1) is 12.9. The van der Waals surface area contributed by atoms with Crippen molar-refractivity contribution in [2.24, 2.45) is 0 Å². The van der Waals surface area contributed by atoms with Crippen molar-refractivity contribution in [1.82, 2.24) is 15.2 Å². The Bertz CT molecular complexity index is 266. The number of aromatic nitrogens is 1. The average Bonchev–Trinajstić information content (AvgIpc) is 2.71. The maximum atomic E-state index is 4.10. The van der Waals surface area contributed by atoms with Gasteiger partial charge >= 0.3 is 0 Å². The Kier molecular flexibility index (Phi) is 5.53. The lowest BCUT2D eigenvalue weighted by atomic mass is 10.1. The van der Waals surface area contributed by atoms with Crippen LogP contribution in [0, 0.1) is 0 Å². The second kappa shape index (κ2) is 6.43. The predicted molar refractivity (Wildman–Crippen MR) is 66.7 cm³/mol. The summed E-state index contributed by atoms with van der Waals surface area (Å²) >= 11 is 1.75. The van der Waals surface area contributed by atoms with Crippen molar-refractivity contribution in [2.45, 2.75) is 25.4 Å². The minimum absolute atomic E-state index is 0. The van der Waals surface area contributed by atoms with E-state index >= 15 is 0 Å². The van der Waals surface area contributed by atoms with Crippen LogP contribution in [0.1, 0.15) is 17.7 Å². The zero-order chi connectivity index (χ0) is 9.80. The first-order chi connectivity index (χ1) is 6.88. The van der Waals surface area contributed by atoms with Gasteiger partial charge in [0.15, 0.2) is 0 Å². The molecule has 0 amide bonds. The molecule has 1 atom stereocenters. The fraction of sp³-hybridized carbons (Fsp3) is 0.700. The minimum Gasteiger partial charge on any atom is -0.316 e. The van der Waals surface area contributed by atoms with Crippen LogP contribution in [0.3, 0.4) is 0 Å². The molecule has 1 fully saturated rings. The second-order valence-corrected chi connectivity index (χ2v) is 4.80. The van der Waals surface area contributed by atoms with Gasteiger partial charge in [0.2, 0.25) is 0 Å². The summed E-state index contributed by atoms with van der Waals surface area (Å²) in [6.45, 7) is 3.48. The van der Waals surface area contributed by atoms with Crippen molar-refractivity contribution in [3.05, 3.63) is 16.6 Å². The van der Waals surface area contributed by atoms with E-state index in [1.807, 2.05) is 11.7 Å². The van der Waals surface area contributed by atoms with Crippen LogP contribution in [-0.2, 0) is 6.54 Å². The van der Waals surface area contributed by atoms with Gasteiger partial charge in [0, 0.05) is 30.2 Å². The van der Waals surface area contributed by atoms with Gasteiger partial charge in [0.05, 0.1) is 5.51 Å². The Hall–Kier alpha value is -0.160. The van der Waals surface area contributed by atoms with Gasteiger partial charge in [0.25, 0.3) is 0 Å². The summed E-state index contributed by atoms with van der Waals surface area (Å²) < 4.78 is 0. The molecule has 5 heteroatoms. The highest BCUT2D eigenvalue weighted by atomic mass is 35.5. The van der Waals surface area contributed by atoms with Crippen molar-refractivity contribution >= 4 is 23.7 Å². The van der Waals surface area contributed by atoms with Gasteiger partial charge in [-0.15, -0.1) is 23.7 Å². The van der Waals surface area contributed by atoms with E-state index in [0.717, 1.165) is 6.54 Å². The maximum Gasteiger partial charge on any atom is 0.0794 e. The molecule has 0 radical (unpaired) electrons. The standard InChI is InChI=1S/C10H17N3S.ClH/c1-11-9-3-2-4-13(6-9)7-10-5-12-8-14-10;/h5,8-9,11H,2-4,6-7H2,1H3;1H. The Morgan fingerprint density at radius 3 is 3.20 bits per heavy atom. The molecule has 0 saturated carbocycles. The highest BCUT2D eigenvalue weighted by Gasteiger charge is 2.18. The Labute approximate surface area is 101 Å². The molecule has 3 nitrogen and oxygen atoms in total. The van der Waals surface area contributed by atoms with Crippen molar-refractivity contribution in [2.75, 3.05) is 20.1 Å². The lowest BCUT2D eigenvalue weighted by molar-refractivity contribution is 0.189. The lowest BCUT2D eigenvalue weighted by Gasteiger charge is -2.31. The molecule has 1 N–H and O–H groups in total. The summed E-state index contributed by atoms with van der Waals surface area (Å²) in [4.78, 5) is 7.99. The van der Waals surface area contributed by atoms with E-state index < -0.39 is 0 Å². The Morgan fingerprint density at radius 1 is 1.67 bits per heavy atom. The quantitative estimate of drug-likeness (QED) is 0.882. The molecule has 0 aromatic carbocycles. The molecule has 1 aromatic rings. The topological polar surface area (TPSA) is 28.2 Å². The third kappa shape index (κ3) is 3.72. The Morgan fingerprint density at radius 2 is 2.53 bits per heavy atom. The monoisotopic (exact) mass is 247 g/mol. The molecule has 86 valence electrons. The van der Waals surface area contributed by atoms with E-state index in [9.17, 15) is 0 Å². The molecule has 1 aliphatic heterocycles. The number of likely N-dealkylation sites (tertiary alicyclic amines) is 1. The highest BCUT2D eigenvalue weighted by Crippen LogP contribution is 2.15. The molecule has 1 saturated heterocycles. The molecule has 2 heterocycles. The summed E-state index contributed by atoms with van der Waals surface area (Å²) in [7, 11) is 2.06. The number of nitrogens with zero attached hydrogens (tertiary/aromatic N) is 2. The van der Waals surface area contributed by atoms with Crippen LogP contribution < -0.4 is 5.32 Å². The zero-order valence-electron chi connectivity index (χ0n) is 8.98. The number of nitrogens with one attached hydrogen (secondary N) is 1. The fourth-order valence-corrected chi connectivity index (χ4v) is 2.61. The van der Waals surface area contributed by atoms with Crippen molar-refractivity contribution in [3.8, 4) is 0 Å². The van der Waals surface area contributed by atoms with Crippen molar-refractivity contribution in [1.29, 1.82) is 0 Å². The maximum absolute atomic E-state index is 4.10. The van der Waals surface area contributed by atoms with Gasteiger partial charge in [-0.05, 0) is 26.4 Å². The number of thiazole rings is 1. The van der Waals surface area contributed by atoms with E-state index in [1.54, 1.807) is 11.3 Å². The molecule has 1 unspecified atom stereocenters. The number of halogens is 1. The van der Waals surface area contributed by atoms with E-state index in [0.29, 0.717) is 6.04 Å². The van der Waals surface area contributed by atoms with Gasteiger partial charge < -0.3 is 5.32 Å². The van der Waals surface area contributed by atoms with Crippen LogP contribution in [0.5, 0.6) is 0 Å². The zero-order valence-corrected chi connectivity index (χ0v) is 10.6. The third-order valence-corrected chi connectivity index (χ3v) is 3.54. The van der Waals surface area contributed by atoms with Crippen LogP contribution in [0.25, 0.3) is 0 Å². The van der Waals surface area contributed by atoms with E-state index in [4.69, 9.17) is 0 Å². The number of likely N-dealkylation sites (N-methyl/N-ethyl adjacent to an activating group) is 1. The fourth-order valence-electron chi connectivity index (χ4n) is 1.98. The number of hydrogen-bond donors (Lipinski definition) is 1. The van der Waals surface area contributed by atoms with Gasteiger partial charge in [-0.3, -0.25) is 9.88 Å². The lowest BCUT2D eigenvalue weighted by Crippen LogP contribution is -2.43. The van der Waals surface area contributed by atoms with Crippen LogP contribution >= 0.6 is 23.7 Å². The molecule has 1 aliphatic rings. The first-order valence-corrected chi connectivity index (χ1v) is 6.03. The summed E-state index contributed by atoms with van der Waals surface area (Å²) in [6, 6.07) is 0.677.